The van der Waals surface area contributed by atoms with Gasteiger partial charge in [-0.25, -0.2) is 0 Å². The van der Waals surface area contributed by atoms with Crippen molar-refractivity contribution in [1.29, 1.82) is 0 Å². The number of carbonyl (C=O) groups excluding carboxylic acids is 4. The molecule has 0 N–H and O–H groups in total. The fourth-order valence-corrected chi connectivity index (χ4v) is 9.50. The van der Waals surface area contributed by atoms with E-state index in [4.69, 9.17) is 18.9 Å². The van der Waals surface area contributed by atoms with Gasteiger partial charge in [0.1, 0.15) is 23.0 Å². The first-order valence-corrected chi connectivity index (χ1v) is 30.2. The van der Waals surface area contributed by atoms with Gasteiger partial charge in [0.2, 0.25) is 0 Å². The van der Waals surface area contributed by atoms with Gasteiger partial charge in [0.25, 0.3) is 23.6 Å². The Kier molecular flexibility index (Phi) is 29.1. The van der Waals surface area contributed by atoms with Gasteiger partial charge in [0.15, 0.2) is 0 Å². The molecule has 4 amide bonds. The van der Waals surface area contributed by atoms with Crippen LogP contribution in [0.4, 0.5) is 0 Å². The van der Waals surface area contributed by atoms with Crippen LogP contribution >= 0.6 is 0 Å². The second-order valence-corrected chi connectivity index (χ2v) is 21.2. The van der Waals surface area contributed by atoms with Gasteiger partial charge in [0.05, 0.1) is 46.7 Å². The molecule has 0 saturated carbocycles. The third-order valence-electron chi connectivity index (χ3n) is 13.1. The molecule has 4 aromatic rings. The van der Waals surface area contributed by atoms with Crippen molar-refractivity contribution in [1.82, 2.24) is 0 Å². The number of rotatable bonds is 36. The molecule has 4 rings (SSSR count). The van der Waals surface area contributed by atoms with E-state index in [1.807, 2.05) is 27.7 Å². The van der Waals surface area contributed by atoms with Gasteiger partial charge in [-0.15, -0.1) is 39.6 Å². The van der Waals surface area contributed by atoms with Gasteiger partial charge in [-0.3, -0.25) is 19.2 Å². The predicted octanol–water partition coefficient (Wildman–Crippen LogP) is 17.5. The second kappa shape index (κ2) is 35.7. The van der Waals surface area contributed by atoms with E-state index in [0.717, 1.165) is 103 Å². The summed E-state index contributed by atoms with van der Waals surface area (Å²) in [4.78, 5) is 57.4. The first kappa shape index (κ1) is 62.9. The number of ether oxygens (including phenoxy) is 4. The molecular weight excluding hydrogens is 989 g/mol. The van der Waals surface area contributed by atoms with Gasteiger partial charge >= 0.3 is 8.72 Å². The zero-order chi connectivity index (χ0) is 55.7. The van der Waals surface area contributed by atoms with Crippen molar-refractivity contribution in [3.05, 3.63) is 119 Å². The molecule has 0 spiro atoms. The zero-order valence-corrected chi connectivity index (χ0v) is 48.0. The fourth-order valence-electron chi connectivity index (χ4n) is 8.36. The average molecular weight is 1070 g/mol. The number of benzene rings is 4. The molecular formula is C60H84N8O8Si. The van der Waals surface area contributed by atoms with Gasteiger partial charge in [-0.05, 0) is 126 Å². The molecule has 0 fully saturated rings. The Morgan fingerprint density at radius 3 is 0.740 bits per heavy atom. The van der Waals surface area contributed by atoms with Crippen molar-refractivity contribution >= 4 is 32.3 Å². The van der Waals surface area contributed by atoms with E-state index in [2.05, 4.69) is 67.3 Å². The number of nitrogens with zero attached hydrogens (tertiary/aromatic N) is 8. The van der Waals surface area contributed by atoms with E-state index in [1.54, 1.807) is 97.1 Å². The van der Waals surface area contributed by atoms with Crippen LogP contribution < -0.4 is 18.9 Å². The number of hydrogen-bond donors (Lipinski definition) is 0. The van der Waals surface area contributed by atoms with Crippen LogP contribution in [0.3, 0.4) is 0 Å². The highest BCUT2D eigenvalue weighted by atomic mass is 28.4. The SMILES string of the molecule is CCCCCC(CC)Oc1ccccc1C(=O)N=N[Si](N=NC(=O)c1ccccc1OC(CC)CCCCC)(N=NC(=O)c1ccccc1OC(CC)CCCCC)N=NC(=O)c1ccccc1OC(CC)CCCCC. The number of hydrogen-bond acceptors (Lipinski definition) is 12. The minimum Gasteiger partial charge on any atom is -0.490 e. The minimum absolute atomic E-state index is 0.0728. The van der Waals surface area contributed by atoms with Crippen molar-refractivity contribution in [2.45, 2.75) is 208 Å². The summed E-state index contributed by atoms with van der Waals surface area (Å²) in [5, 5.41) is 16.4. The first-order chi connectivity index (χ1) is 37.5. The zero-order valence-electron chi connectivity index (χ0n) is 47.0. The van der Waals surface area contributed by atoms with E-state index in [1.165, 1.54) is 0 Å². The normalized spacial score (nSPS) is 14.1. The van der Waals surface area contributed by atoms with Crippen LogP contribution in [0.1, 0.15) is 225 Å². The summed E-state index contributed by atoms with van der Waals surface area (Å²) in [6.07, 6.45) is 17.4. The maximum Gasteiger partial charge on any atom is 0.652 e. The highest BCUT2D eigenvalue weighted by Gasteiger charge is 2.42. The third-order valence-corrected chi connectivity index (χ3v) is 14.6. The van der Waals surface area contributed by atoms with E-state index >= 15 is 0 Å². The lowest BCUT2D eigenvalue weighted by Crippen LogP contribution is -2.26. The molecule has 0 aliphatic carbocycles. The average Bonchev–Trinajstić information content (AvgIpc) is 3.46. The molecule has 416 valence electrons. The predicted molar refractivity (Wildman–Crippen MR) is 304 cm³/mol. The van der Waals surface area contributed by atoms with Crippen LogP contribution in [0.15, 0.2) is 137 Å². The molecule has 17 heteroatoms. The van der Waals surface area contributed by atoms with Crippen LogP contribution in [0, 0.1) is 0 Å². The molecule has 0 saturated heterocycles. The molecule has 4 aromatic carbocycles. The summed E-state index contributed by atoms with van der Waals surface area (Å²) in [5.74, 6) is -2.39. The Morgan fingerprint density at radius 2 is 0.545 bits per heavy atom. The van der Waals surface area contributed by atoms with Gasteiger partial charge < -0.3 is 18.9 Å². The Balaban J connectivity index is 1.94. The van der Waals surface area contributed by atoms with E-state index in [9.17, 15) is 19.2 Å². The summed E-state index contributed by atoms with van der Waals surface area (Å²) in [6.45, 7) is 16.6. The molecule has 0 aliphatic rings. The van der Waals surface area contributed by atoms with Crippen LogP contribution in [0.5, 0.6) is 23.0 Å². The van der Waals surface area contributed by atoms with E-state index in [-0.39, 0.29) is 69.7 Å². The highest BCUT2D eigenvalue weighted by Crippen LogP contribution is 2.30. The molecule has 0 bridgehead atoms. The maximum absolute atomic E-state index is 14.3. The lowest BCUT2D eigenvalue weighted by molar-refractivity contribution is 0.0979. The lowest BCUT2D eigenvalue weighted by atomic mass is 10.1. The Morgan fingerprint density at radius 1 is 0.338 bits per heavy atom. The number of unbranched alkanes of at least 4 members (excludes halogenated alkanes) is 8. The molecule has 0 aliphatic heterocycles. The van der Waals surface area contributed by atoms with Gasteiger partial charge in [-0.2, -0.15) is 0 Å². The smallest absolute Gasteiger partial charge is 0.490 e. The molecule has 0 aromatic heterocycles. The summed E-state index contributed by atoms with van der Waals surface area (Å²) in [5.41, 5.74) is 0.291. The second-order valence-electron chi connectivity index (χ2n) is 19.2. The summed E-state index contributed by atoms with van der Waals surface area (Å²) in [7, 11) is -5.10. The van der Waals surface area contributed by atoms with E-state index < -0.39 is 32.3 Å². The topological polar surface area (TPSA) is 204 Å². The number of amides is 4. The quantitative estimate of drug-likeness (QED) is 0.0243. The molecule has 0 heterocycles. The van der Waals surface area contributed by atoms with Crippen molar-refractivity contribution in [2.24, 2.45) is 39.6 Å². The van der Waals surface area contributed by atoms with Gasteiger partial charge in [0, 0.05) is 0 Å². The Labute approximate surface area is 458 Å². The number of para-hydroxylation sites is 4. The molecule has 0 radical (unpaired) electrons. The third kappa shape index (κ3) is 21.4. The fraction of sp³-hybridized carbons (Fsp3) is 0.533. The van der Waals surface area contributed by atoms with Crippen LogP contribution in [-0.2, 0) is 0 Å². The van der Waals surface area contributed by atoms with Crippen molar-refractivity contribution < 1.29 is 38.1 Å². The highest BCUT2D eigenvalue weighted by molar-refractivity contribution is 6.72. The maximum atomic E-state index is 14.3. The minimum atomic E-state index is -5.10. The number of carbonyl (C=O) groups is 4. The van der Waals surface area contributed by atoms with E-state index in [0.29, 0.717) is 25.7 Å². The van der Waals surface area contributed by atoms with Crippen molar-refractivity contribution in [3.63, 3.8) is 0 Å². The lowest BCUT2D eigenvalue weighted by Gasteiger charge is -2.19. The van der Waals surface area contributed by atoms with Crippen LogP contribution in [0.2, 0.25) is 0 Å². The summed E-state index contributed by atoms with van der Waals surface area (Å²) < 4.78 is 42.9. The largest absolute Gasteiger partial charge is 0.652 e. The summed E-state index contributed by atoms with van der Waals surface area (Å²) in [6, 6.07) is 26.6. The summed E-state index contributed by atoms with van der Waals surface area (Å²) >= 11 is 0. The Hall–Kier alpha value is -6.62. The molecule has 4 unspecified atom stereocenters. The monoisotopic (exact) mass is 1070 g/mol. The molecule has 16 nitrogen and oxygen atoms in total. The van der Waals surface area contributed by atoms with Crippen LogP contribution in [-0.4, -0.2) is 56.8 Å². The molecule has 4 atom stereocenters. The van der Waals surface area contributed by atoms with Crippen molar-refractivity contribution in [2.75, 3.05) is 0 Å². The van der Waals surface area contributed by atoms with Gasteiger partial charge in [-0.1, -0.05) is 155 Å². The first-order valence-electron chi connectivity index (χ1n) is 28.4. The van der Waals surface area contributed by atoms with Crippen molar-refractivity contribution in [3.8, 4) is 23.0 Å². The standard InChI is InChI=1S/C60H84N8O8Si/c1-9-17-21-33-45(13-5)73-53-41-29-25-37-49(53)57(69)61-65-77(66-62-58(70)50-38-26-30-42-54(50)74-46(14-6)34-22-18-10-2,67-63-59(71)51-39-27-31-43-55(51)75-47(15-7)35-23-19-11-3)68-64-60(72)52-40-28-32-44-56(52)76-48(16-8)36-24-20-12-4/h25-32,37-48H,9-24,33-36H2,1-8H3. The Bertz CT molecular complexity index is 2210. The van der Waals surface area contributed by atoms with Crippen LogP contribution in [0.25, 0.3) is 0 Å². The molecule has 77 heavy (non-hydrogen) atoms.